The van der Waals surface area contributed by atoms with Crippen molar-refractivity contribution in [2.75, 3.05) is 18.1 Å². The summed E-state index contributed by atoms with van der Waals surface area (Å²) in [6, 6.07) is 3.23. The monoisotopic (exact) mass is 511 g/mol. The highest BCUT2D eigenvalue weighted by Gasteiger charge is 2.32. The van der Waals surface area contributed by atoms with Crippen molar-refractivity contribution < 1.29 is 24.6 Å². The molecule has 1 fully saturated rings. The molecule has 0 aromatic heterocycles. The van der Waals surface area contributed by atoms with Crippen molar-refractivity contribution in [3.8, 4) is 0 Å². The zero-order chi connectivity index (χ0) is 27.8. The lowest BCUT2D eigenvalue weighted by Crippen LogP contribution is -2.50. The standard InChI is InChI=1S/C27H37N5O5/c1-5-18(9-8-11-23(28)29)30-25(35)21-10-6-7-14-32(21)20-13-12-17(15-19(20)26(36)37)24(34)31-22(16-33)27(2,3)4/h5,8-9,11-13,15,21-22,33H,1,6-7,10,14,16H2,2-4H3,(H3,28,29)(H,30,35)(H,31,34)(H,36,37)/t21-,22+/m0/s1. The van der Waals surface area contributed by atoms with E-state index in [9.17, 15) is 24.6 Å². The summed E-state index contributed by atoms with van der Waals surface area (Å²) in [5.74, 6) is -2.16. The summed E-state index contributed by atoms with van der Waals surface area (Å²) in [5, 5.41) is 32.4. The molecule has 0 radical (unpaired) electrons. The van der Waals surface area contributed by atoms with Gasteiger partial charge in [0.15, 0.2) is 0 Å². The number of nitrogens with zero attached hydrogens (tertiary/aromatic N) is 1. The molecule has 0 spiro atoms. The van der Waals surface area contributed by atoms with Gasteiger partial charge in [-0.1, -0.05) is 33.4 Å². The van der Waals surface area contributed by atoms with Crippen molar-refractivity contribution in [2.45, 2.75) is 52.1 Å². The lowest BCUT2D eigenvalue weighted by molar-refractivity contribution is -0.122. The maximum atomic E-state index is 13.2. The third kappa shape index (κ3) is 8.04. The molecular weight excluding hydrogens is 474 g/mol. The predicted octanol–water partition coefficient (Wildman–Crippen LogP) is 2.56. The number of hydrogen-bond acceptors (Lipinski definition) is 6. The third-order valence-electron chi connectivity index (χ3n) is 6.18. The number of carboxylic acids is 1. The number of allylic oxidation sites excluding steroid dienone is 3. The topological polar surface area (TPSA) is 169 Å². The molecule has 1 aliphatic rings. The van der Waals surface area contributed by atoms with Crippen LogP contribution in [-0.4, -0.2) is 59.1 Å². The summed E-state index contributed by atoms with van der Waals surface area (Å²) in [7, 11) is 0. The molecule has 1 aliphatic heterocycles. The normalized spacial score (nSPS) is 17.2. The summed E-state index contributed by atoms with van der Waals surface area (Å²) >= 11 is 0. The van der Waals surface area contributed by atoms with Crippen LogP contribution in [0.2, 0.25) is 0 Å². The van der Waals surface area contributed by atoms with Gasteiger partial charge in [-0.3, -0.25) is 15.0 Å². The van der Waals surface area contributed by atoms with E-state index in [1.807, 2.05) is 20.8 Å². The first-order chi connectivity index (χ1) is 17.4. The molecule has 1 aromatic carbocycles. The lowest BCUT2D eigenvalue weighted by atomic mass is 9.87. The second-order valence-electron chi connectivity index (χ2n) is 9.95. The van der Waals surface area contributed by atoms with E-state index in [1.54, 1.807) is 17.0 Å². The number of hydrogen-bond donors (Lipinski definition) is 6. The molecule has 2 rings (SSSR count). The summed E-state index contributed by atoms with van der Waals surface area (Å²) in [5.41, 5.74) is 5.73. The Morgan fingerprint density at radius 1 is 1.30 bits per heavy atom. The van der Waals surface area contributed by atoms with Crippen molar-refractivity contribution in [1.29, 1.82) is 5.41 Å². The van der Waals surface area contributed by atoms with Gasteiger partial charge in [-0.05, 0) is 61.1 Å². The maximum Gasteiger partial charge on any atom is 0.337 e. The molecule has 2 atom stereocenters. The van der Waals surface area contributed by atoms with Gasteiger partial charge >= 0.3 is 5.97 Å². The maximum absolute atomic E-state index is 13.2. The summed E-state index contributed by atoms with van der Waals surface area (Å²) in [4.78, 5) is 40.0. The van der Waals surface area contributed by atoms with E-state index in [0.717, 1.165) is 12.8 Å². The second kappa shape index (κ2) is 12.9. The van der Waals surface area contributed by atoms with Crippen LogP contribution in [0.1, 0.15) is 60.7 Å². The molecule has 200 valence electrons. The third-order valence-corrected chi connectivity index (χ3v) is 6.18. The zero-order valence-electron chi connectivity index (χ0n) is 21.6. The van der Waals surface area contributed by atoms with Crippen LogP contribution in [0, 0.1) is 10.8 Å². The van der Waals surface area contributed by atoms with Crippen LogP contribution in [0.15, 0.2) is 54.8 Å². The largest absolute Gasteiger partial charge is 0.478 e. The minimum absolute atomic E-state index is 0.0902. The van der Waals surface area contributed by atoms with Crippen LogP contribution < -0.4 is 21.3 Å². The Morgan fingerprint density at radius 3 is 2.57 bits per heavy atom. The van der Waals surface area contributed by atoms with E-state index in [0.29, 0.717) is 24.4 Å². The molecular formula is C27H37N5O5. The molecule has 2 amide bonds. The highest BCUT2D eigenvalue weighted by molar-refractivity contribution is 6.01. The van der Waals surface area contributed by atoms with E-state index in [4.69, 9.17) is 11.1 Å². The number of aromatic carboxylic acids is 1. The number of amidine groups is 1. The minimum Gasteiger partial charge on any atom is -0.478 e. The molecule has 0 bridgehead atoms. The number of nitrogens with one attached hydrogen (secondary N) is 3. The van der Waals surface area contributed by atoms with Crippen LogP contribution >= 0.6 is 0 Å². The molecule has 0 saturated carbocycles. The van der Waals surface area contributed by atoms with Crippen molar-refractivity contribution in [2.24, 2.45) is 11.1 Å². The van der Waals surface area contributed by atoms with Crippen molar-refractivity contribution in [3.05, 3.63) is 65.9 Å². The fraction of sp³-hybridized carbons (Fsp3) is 0.407. The number of carboxylic acid groups (broad SMARTS) is 1. The first kappa shape index (κ1) is 29.3. The molecule has 10 nitrogen and oxygen atoms in total. The molecule has 37 heavy (non-hydrogen) atoms. The van der Waals surface area contributed by atoms with Crippen molar-refractivity contribution in [3.63, 3.8) is 0 Å². The van der Waals surface area contributed by atoms with Crippen molar-refractivity contribution >= 4 is 29.3 Å². The molecule has 7 N–H and O–H groups in total. The molecule has 0 unspecified atom stereocenters. The van der Waals surface area contributed by atoms with Crippen molar-refractivity contribution in [1.82, 2.24) is 10.6 Å². The van der Waals surface area contributed by atoms with E-state index >= 15 is 0 Å². The van der Waals surface area contributed by atoms with Crippen LogP contribution in [-0.2, 0) is 4.79 Å². The molecule has 1 saturated heterocycles. The number of carbonyl (C=O) groups is 3. The molecule has 10 heteroatoms. The first-order valence-electron chi connectivity index (χ1n) is 12.1. The van der Waals surface area contributed by atoms with Gasteiger partial charge in [0, 0.05) is 17.8 Å². The molecule has 1 heterocycles. The van der Waals surface area contributed by atoms with Gasteiger partial charge in [-0.2, -0.15) is 0 Å². The Bertz CT molecular complexity index is 1100. The Hall–Kier alpha value is -3.92. The molecule has 0 aliphatic carbocycles. The Morgan fingerprint density at radius 2 is 2.00 bits per heavy atom. The Kier molecular flexibility index (Phi) is 10.2. The van der Waals surface area contributed by atoms with Gasteiger partial charge in [0.1, 0.15) is 11.9 Å². The quantitative estimate of drug-likeness (QED) is 0.159. The summed E-state index contributed by atoms with van der Waals surface area (Å²) in [6.45, 7) is 9.56. The number of amides is 2. The van der Waals surface area contributed by atoms with Crippen LogP contribution in [0.25, 0.3) is 0 Å². The number of rotatable bonds is 10. The van der Waals surface area contributed by atoms with Crippen LogP contribution in [0.3, 0.4) is 0 Å². The van der Waals surface area contributed by atoms with E-state index in [-0.39, 0.29) is 29.5 Å². The SMILES string of the molecule is C=CC(=CC=CC(=N)N)NC(=O)[C@@H]1CCCCN1c1ccc(C(=O)N[C@H](CO)C(C)(C)C)cc1C(=O)O. The highest BCUT2D eigenvalue weighted by Crippen LogP contribution is 2.30. The van der Waals surface area contributed by atoms with Gasteiger partial charge in [-0.25, -0.2) is 4.79 Å². The Balaban J connectivity index is 2.35. The number of aliphatic hydroxyl groups is 1. The minimum atomic E-state index is -1.22. The fourth-order valence-electron chi connectivity index (χ4n) is 4.01. The average Bonchev–Trinajstić information content (AvgIpc) is 2.85. The first-order valence-corrected chi connectivity index (χ1v) is 12.1. The number of benzene rings is 1. The van der Waals surface area contributed by atoms with Crippen LogP contribution in [0.4, 0.5) is 5.69 Å². The molecule has 1 aromatic rings. The number of piperidine rings is 1. The van der Waals surface area contributed by atoms with Crippen LogP contribution in [0.5, 0.6) is 0 Å². The van der Waals surface area contributed by atoms with E-state index < -0.39 is 29.4 Å². The summed E-state index contributed by atoms with van der Waals surface area (Å²) < 4.78 is 0. The van der Waals surface area contributed by atoms with Gasteiger partial charge in [0.25, 0.3) is 5.91 Å². The zero-order valence-corrected chi connectivity index (χ0v) is 21.6. The second-order valence-corrected chi connectivity index (χ2v) is 9.95. The van der Waals surface area contributed by atoms with E-state index in [1.165, 1.54) is 30.4 Å². The van der Waals surface area contributed by atoms with Gasteiger partial charge < -0.3 is 31.5 Å². The van der Waals surface area contributed by atoms with E-state index in [2.05, 4.69) is 17.2 Å². The fourth-order valence-corrected chi connectivity index (χ4v) is 4.01. The summed E-state index contributed by atoms with van der Waals surface area (Å²) in [6.07, 6.45) is 8.00. The number of carbonyl (C=O) groups excluding carboxylic acids is 2. The smallest absolute Gasteiger partial charge is 0.337 e. The van der Waals surface area contributed by atoms with Gasteiger partial charge in [-0.15, -0.1) is 0 Å². The number of anilines is 1. The average molecular weight is 512 g/mol. The number of nitrogens with two attached hydrogens (primary N) is 1. The number of aliphatic hydroxyl groups excluding tert-OH is 1. The van der Waals surface area contributed by atoms with Gasteiger partial charge in [0.2, 0.25) is 5.91 Å². The predicted molar refractivity (Wildman–Crippen MR) is 144 cm³/mol. The Labute approximate surface area is 217 Å². The lowest BCUT2D eigenvalue weighted by Gasteiger charge is -2.37. The highest BCUT2D eigenvalue weighted by atomic mass is 16.4. The van der Waals surface area contributed by atoms with Gasteiger partial charge in [0.05, 0.1) is 23.9 Å².